The van der Waals surface area contributed by atoms with Crippen molar-refractivity contribution in [2.45, 2.75) is 6.92 Å². The van der Waals surface area contributed by atoms with Gasteiger partial charge in [0.2, 0.25) is 0 Å². The largest absolute Gasteiger partial charge is 0.497 e. The number of anilines is 1. The van der Waals surface area contributed by atoms with Gasteiger partial charge in [-0.3, -0.25) is 4.79 Å². The molecular formula is C25H25N3O5. The third-order valence-corrected chi connectivity index (χ3v) is 4.57. The van der Waals surface area contributed by atoms with E-state index in [2.05, 4.69) is 15.8 Å². The Balaban J connectivity index is 1.57. The number of hydrogen-bond donors (Lipinski definition) is 2. The topological polar surface area (TPSA) is 98.3 Å². The molecule has 0 unspecified atom stereocenters. The first-order valence-electron chi connectivity index (χ1n) is 10.1. The molecule has 3 aromatic carbocycles. The van der Waals surface area contributed by atoms with Gasteiger partial charge in [0, 0.05) is 5.69 Å². The smallest absolute Gasteiger partial charge is 0.343 e. The van der Waals surface area contributed by atoms with Gasteiger partial charge in [-0.15, -0.1) is 0 Å². The third kappa shape index (κ3) is 6.83. The van der Waals surface area contributed by atoms with Crippen molar-refractivity contribution in [3.05, 3.63) is 83.4 Å². The molecule has 8 nitrogen and oxygen atoms in total. The molecule has 2 N–H and O–H groups in total. The maximum Gasteiger partial charge on any atom is 0.343 e. The van der Waals surface area contributed by atoms with Gasteiger partial charge in [-0.2, -0.15) is 5.10 Å². The van der Waals surface area contributed by atoms with E-state index in [1.165, 1.54) is 20.4 Å². The fraction of sp³-hybridized carbons (Fsp3) is 0.160. The van der Waals surface area contributed by atoms with Crippen molar-refractivity contribution in [3.8, 4) is 17.2 Å². The predicted octanol–water partition coefficient (Wildman–Crippen LogP) is 3.79. The van der Waals surface area contributed by atoms with Crippen molar-refractivity contribution >= 4 is 23.8 Å². The Bertz CT molecular complexity index is 1160. The fourth-order valence-corrected chi connectivity index (χ4v) is 2.91. The number of ether oxygens (including phenoxy) is 3. The lowest BCUT2D eigenvalue weighted by Gasteiger charge is -2.10. The number of hydrazone groups is 1. The molecule has 0 heterocycles. The number of nitrogens with one attached hydrogen (secondary N) is 2. The number of amides is 1. The number of rotatable bonds is 9. The summed E-state index contributed by atoms with van der Waals surface area (Å²) in [6.45, 7) is 2.07. The number of carbonyl (C=O) groups is 2. The Morgan fingerprint density at radius 3 is 2.52 bits per heavy atom. The van der Waals surface area contributed by atoms with Crippen molar-refractivity contribution in [2.24, 2.45) is 5.10 Å². The standard InChI is InChI=1S/C25H25N3O5/c1-17-6-4-8-20(12-17)26-16-24(29)28-27-15-18-10-11-22(23(13-18)32-3)33-25(30)19-7-5-9-21(14-19)31-2/h4-15,26H,16H2,1-3H3,(H,28,29)/b27-15+. The van der Waals surface area contributed by atoms with E-state index in [4.69, 9.17) is 14.2 Å². The Morgan fingerprint density at radius 2 is 1.76 bits per heavy atom. The first-order chi connectivity index (χ1) is 16.0. The fourth-order valence-electron chi connectivity index (χ4n) is 2.91. The zero-order valence-corrected chi connectivity index (χ0v) is 18.6. The molecule has 0 radical (unpaired) electrons. The van der Waals surface area contributed by atoms with E-state index in [0.717, 1.165) is 11.3 Å². The van der Waals surface area contributed by atoms with E-state index in [1.807, 2.05) is 31.2 Å². The highest BCUT2D eigenvalue weighted by Crippen LogP contribution is 2.28. The van der Waals surface area contributed by atoms with Gasteiger partial charge in [-0.1, -0.05) is 18.2 Å². The van der Waals surface area contributed by atoms with Crippen LogP contribution in [0.3, 0.4) is 0 Å². The van der Waals surface area contributed by atoms with Crippen LogP contribution in [0, 0.1) is 6.92 Å². The second-order valence-electron chi connectivity index (χ2n) is 7.05. The average molecular weight is 447 g/mol. The highest BCUT2D eigenvalue weighted by atomic mass is 16.6. The van der Waals surface area contributed by atoms with Crippen LogP contribution in [0.25, 0.3) is 0 Å². The van der Waals surface area contributed by atoms with Crippen molar-refractivity contribution < 1.29 is 23.8 Å². The number of esters is 1. The van der Waals surface area contributed by atoms with Crippen LogP contribution < -0.4 is 25.0 Å². The van der Waals surface area contributed by atoms with Gasteiger partial charge in [0.1, 0.15) is 5.75 Å². The van der Waals surface area contributed by atoms with E-state index >= 15 is 0 Å². The SMILES string of the molecule is COc1cccc(C(=O)Oc2ccc(/C=N/NC(=O)CNc3cccc(C)c3)cc2OC)c1. The van der Waals surface area contributed by atoms with Crippen molar-refractivity contribution in [2.75, 3.05) is 26.1 Å². The van der Waals surface area contributed by atoms with Crippen LogP contribution in [0.15, 0.2) is 71.8 Å². The number of nitrogens with zero attached hydrogens (tertiary/aromatic N) is 1. The molecule has 0 aliphatic rings. The van der Waals surface area contributed by atoms with Crippen LogP contribution in [-0.4, -0.2) is 38.9 Å². The lowest BCUT2D eigenvalue weighted by molar-refractivity contribution is -0.119. The number of benzene rings is 3. The van der Waals surface area contributed by atoms with E-state index in [1.54, 1.807) is 42.5 Å². The molecule has 1 amide bonds. The van der Waals surface area contributed by atoms with Crippen molar-refractivity contribution in [3.63, 3.8) is 0 Å². The Morgan fingerprint density at radius 1 is 0.939 bits per heavy atom. The number of methoxy groups -OCH3 is 2. The summed E-state index contributed by atoms with van der Waals surface area (Å²) < 4.78 is 15.9. The van der Waals surface area contributed by atoms with Crippen molar-refractivity contribution in [1.29, 1.82) is 0 Å². The molecule has 0 bridgehead atoms. The molecule has 0 aromatic heterocycles. The molecule has 0 saturated carbocycles. The Labute approximate surface area is 192 Å². The molecule has 33 heavy (non-hydrogen) atoms. The molecule has 170 valence electrons. The normalized spacial score (nSPS) is 10.5. The number of carbonyl (C=O) groups excluding carboxylic acids is 2. The van der Waals surface area contributed by atoms with Crippen molar-refractivity contribution in [1.82, 2.24) is 5.43 Å². The minimum Gasteiger partial charge on any atom is -0.497 e. The van der Waals surface area contributed by atoms with Crippen LogP contribution >= 0.6 is 0 Å². The van der Waals surface area contributed by atoms with E-state index in [9.17, 15) is 9.59 Å². The lowest BCUT2D eigenvalue weighted by atomic mass is 10.2. The quantitative estimate of drug-likeness (QED) is 0.224. The minimum absolute atomic E-state index is 0.0866. The van der Waals surface area contributed by atoms with E-state index in [0.29, 0.717) is 22.6 Å². The van der Waals surface area contributed by atoms with Gasteiger partial charge in [0.15, 0.2) is 11.5 Å². The second kappa shape index (κ2) is 11.3. The first-order valence-corrected chi connectivity index (χ1v) is 10.1. The van der Waals surface area contributed by atoms with Gasteiger partial charge in [0.25, 0.3) is 5.91 Å². The first kappa shape index (κ1) is 23.3. The summed E-state index contributed by atoms with van der Waals surface area (Å²) in [6, 6.07) is 19.3. The molecule has 0 saturated heterocycles. The monoisotopic (exact) mass is 447 g/mol. The molecule has 0 aliphatic carbocycles. The summed E-state index contributed by atoms with van der Waals surface area (Å²) in [4.78, 5) is 24.4. The van der Waals surface area contributed by atoms with Crippen LogP contribution in [0.2, 0.25) is 0 Å². The van der Waals surface area contributed by atoms with Gasteiger partial charge < -0.3 is 19.5 Å². The zero-order chi connectivity index (χ0) is 23.6. The second-order valence-corrected chi connectivity index (χ2v) is 7.05. The summed E-state index contributed by atoms with van der Waals surface area (Å²) >= 11 is 0. The molecule has 0 spiro atoms. The molecule has 0 atom stereocenters. The van der Waals surface area contributed by atoms with E-state index in [-0.39, 0.29) is 18.2 Å². The number of hydrogen-bond acceptors (Lipinski definition) is 7. The maximum absolute atomic E-state index is 12.5. The van der Waals surface area contributed by atoms with Gasteiger partial charge in [0.05, 0.1) is 32.5 Å². The van der Waals surface area contributed by atoms with Crippen LogP contribution in [-0.2, 0) is 4.79 Å². The highest BCUT2D eigenvalue weighted by molar-refractivity contribution is 5.92. The summed E-state index contributed by atoms with van der Waals surface area (Å²) in [6.07, 6.45) is 1.47. The minimum atomic E-state index is -0.540. The van der Waals surface area contributed by atoms with E-state index < -0.39 is 5.97 Å². The summed E-state index contributed by atoms with van der Waals surface area (Å²) in [5, 5.41) is 7.00. The summed E-state index contributed by atoms with van der Waals surface area (Å²) in [5.41, 5.74) is 5.43. The Hall–Kier alpha value is -4.33. The zero-order valence-electron chi connectivity index (χ0n) is 18.6. The average Bonchev–Trinajstić information content (AvgIpc) is 2.83. The van der Waals surface area contributed by atoms with Gasteiger partial charge in [-0.25, -0.2) is 10.2 Å². The lowest BCUT2D eigenvalue weighted by Crippen LogP contribution is -2.25. The Kier molecular flexibility index (Phi) is 8.02. The third-order valence-electron chi connectivity index (χ3n) is 4.57. The van der Waals surface area contributed by atoms with Crippen LogP contribution in [0.5, 0.6) is 17.2 Å². The highest BCUT2D eigenvalue weighted by Gasteiger charge is 2.13. The predicted molar refractivity (Wildman–Crippen MR) is 126 cm³/mol. The molecular weight excluding hydrogens is 422 g/mol. The maximum atomic E-state index is 12.5. The van der Waals surface area contributed by atoms with Crippen LogP contribution in [0.1, 0.15) is 21.5 Å². The molecule has 3 rings (SSSR count). The summed E-state index contributed by atoms with van der Waals surface area (Å²) in [5.74, 6) is 0.334. The molecule has 8 heteroatoms. The molecule has 0 aliphatic heterocycles. The van der Waals surface area contributed by atoms with Gasteiger partial charge >= 0.3 is 5.97 Å². The molecule has 3 aromatic rings. The summed E-state index contributed by atoms with van der Waals surface area (Å²) in [7, 11) is 2.99. The van der Waals surface area contributed by atoms with Gasteiger partial charge in [-0.05, 0) is 66.6 Å². The number of aryl methyl sites for hydroxylation is 1. The molecule has 0 fully saturated rings. The van der Waals surface area contributed by atoms with Crippen LogP contribution in [0.4, 0.5) is 5.69 Å².